The first kappa shape index (κ1) is 17.1. The number of nitrogens with one attached hydrogen (secondary N) is 2. The smallest absolute Gasteiger partial charge is 0.309 e. The third kappa shape index (κ3) is 3.67. The topological polar surface area (TPSA) is 97.0 Å². The van der Waals surface area contributed by atoms with Gasteiger partial charge in [0.1, 0.15) is 6.61 Å². The van der Waals surface area contributed by atoms with Crippen LogP contribution in [-0.4, -0.2) is 62.0 Å². The quantitative estimate of drug-likeness (QED) is 0.716. The third-order valence-corrected chi connectivity index (χ3v) is 4.39. The van der Waals surface area contributed by atoms with E-state index in [1.807, 2.05) is 18.2 Å². The summed E-state index contributed by atoms with van der Waals surface area (Å²) in [6.45, 7) is 0.675. The minimum Gasteiger partial charge on any atom is -0.493 e. The highest BCUT2D eigenvalue weighted by Crippen LogP contribution is 2.34. The molecule has 134 valence electrons. The highest BCUT2D eigenvalue weighted by molar-refractivity contribution is 6.35. The van der Waals surface area contributed by atoms with Crippen LogP contribution in [0.1, 0.15) is 12.0 Å². The highest BCUT2D eigenvalue weighted by atomic mass is 16.5. The summed E-state index contributed by atoms with van der Waals surface area (Å²) >= 11 is 0. The monoisotopic (exact) mass is 347 g/mol. The van der Waals surface area contributed by atoms with Gasteiger partial charge in [-0.2, -0.15) is 0 Å². The van der Waals surface area contributed by atoms with Gasteiger partial charge in [-0.05, 0) is 12.5 Å². The number of hydrogen-bond donors (Lipinski definition) is 2. The first-order chi connectivity index (χ1) is 12.0. The number of para-hydroxylation sites is 1. The van der Waals surface area contributed by atoms with Crippen LogP contribution in [-0.2, 0) is 20.8 Å². The van der Waals surface area contributed by atoms with Crippen molar-refractivity contribution in [1.82, 2.24) is 15.5 Å². The molecule has 1 saturated heterocycles. The number of ether oxygens (including phenoxy) is 2. The predicted molar refractivity (Wildman–Crippen MR) is 88.3 cm³/mol. The molecular weight excluding hydrogens is 326 g/mol. The molecule has 0 radical (unpaired) electrons. The molecule has 2 aliphatic heterocycles. The lowest BCUT2D eigenvalue weighted by Crippen LogP contribution is -2.50. The van der Waals surface area contributed by atoms with E-state index >= 15 is 0 Å². The highest BCUT2D eigenvalue weighted by Gasteiger charge is 2.31. The number of carbonyl (C=O) groups excluding carboxylic acids is 3. The van der Waals surface area contributed by atoms with E-state index in [0.29, 0.717) is 24.5 Å². The van der Waals surface area contributed by atoms with Crippen molar-refractivity contribution in [3.8, 4) is 11.5 Å². The summed E-state index contributed by atoms with van der Waals surface area (Å²) in [6, 6.07) is 4.93. The minimum absolute atomic E-state index is 0.0445. The van der Waals surface area contributed by atoms with Crippen LogP contribution in [0, 0.1) is 0 Å². The van der Waals surface area contributed by atoms with Crippen LogP contribution in [0.2, 0.25) is 0 Å². The van der Waals surface area contributed by atoms with Crippen molar-refractivity contribution in [1.29, 1.82) is 0 Å². The molecule has 0 spiro atoms. The fourth-order valence-electron chi connectivity index (χ4n) is 3.11. The predicted octanol–water partition coefficient (Wildman–Crippen LogP) is -0.538. The van der Waals surface area contributed by atoms with E-state index in [0.717, 1.165) is 5.56 Å². The number of likely N-dealkylation sites (N-methyl/N-ethyl adjacent to an activating group) is 1. The van der Waals surface area contributed by atoms with Crippen LogP contribution < -0.4 is 20.1 Å². The summed E-state index contributed by atoms with van der Waals surface area (Å²) in [5.41, 5.74) is 0.916. The van der Waals surface area contributed by atoms with E-state index in [9.17, 15) is 14.4 Å². The Kier molecular flexibility index (Phi) is 4.78. The number of benzene rings is 1. The van der Waals surface area contributed by atoms with Crippen LogP contribution in [0.15, 0.2) is 18.2 Å². The molecule has 8 nitrogen and oxygen atoms in total. The molecule has 2 unspecified atom stereocenters. The van der Waals surface area contributed by atoms with E-state index in [2.05, 4.69) is 10.6 Å². The van der Waals surface area contributed by atoms with E-state index < -0.39 is 11.8 Å². The van der Waals surface area contributed by atoms with Gasteiger partial charge in [0, 0.05) is 25.6 Å². The second-order valence-electron chi connectivity index (χ2n) is 6.28. The molecule has 1 aromatic carbocycles. The zero-order chi connectivity index (χ0) is 18.0. The molecule has 0 bridgehead atoms. The zero-order valence-corrected chi connectivity index (χ0v) is 14.2. The Morgan fingerprint density at radius 3 is 2.56 bits per heavy atom. The Labute approximate surface area is 145 Å². The van der Waals surface area contributed by atoms with Crippen LogP contribution >= 0.6 is 0 Å². The Bertz CT molecular complexity index is 706. The number of fused-ring (bicyclic) bond motifs is 1. The molecule has 2 N–H and O–H groups in total. The molecule has 2 heterocycles. The molecule has 0 aromatic heterocycles. The SMILES string of the molecule is COc1cccc2c1OCC(NC(=O)C(=O)NC1CC(=O)N(C)C1)C2. The van der Waals surface area contributed by atoms with Gasteiger partial charge in [-0.1, -0.05) is 12.1 Å². The molecule has 0 aliphatic carbocycles. The van der Waals surface area contributed by atoms with Gasteiger partial charge in [0.05, 0.1) is 19.2 Å². The molecule has 2 aliphatic rings. The standard InChI is InChI=1S/C17H21N3O5/c1-20-8-11(7-14(20)21)18-16(22)17(23)19-12-6-10-4-3-5-13(24-2)15(10)25-9-12/h3-5,11-12H,6-9H2,1-2H3,(H,18,22)(H,19,23). The maximum absolute atomic E-state index is 12.1. The maximum atomic E-state index is 12.1. The second kappa shape index (κ2) is 7.00. The number of carbonyl (C=O) groups is 3. The average molecular weight is 347 g/mol. The van der Waals surface area contributed by atoms with Crippen LogP contribution in [0.25, 0.3) is 0 Å². The molecule has 1 fully saturated rings. The van der Waals surface area contributed by atoms with Gasteiger partial charge >= 0.3 is 11.8 Å². The molecule has 3 rings (SSSR count). The number of methoxy groups -OCH3 is 1. The first-order valence-corrected chi connectivity index (χ1v) is 8.12. The molecule has 3 amide bonds. The lowest BCUT2D eigenvalue weighted by molar-refractivity contribution is -0.140. The van der Waals surface area contributed by atoms with Gasteiger partial charge < -0.3 is 25.0 Å². The van der Waals surface area contributed by atoms with Crippen LogP contribution in [0.3, 0.4) is 0 Å². The third-order valence-electron chi connectivity index (χ3n) is 4.39. The summed E-state index contributed by atoms with van der Waals surface area (Å²) < 4.78 is 10.9. The van der Waals surface area contributed by atoms with E-state index in [1.54, 1.807) is 14.2 Å². The number of hydrogen-bond acceptors (Lipinski definition) is 5. The number of nitrogens with zero attached hydrogens (tertiary/aromatic N) is 1. The Morgan fingerprint density at radius 2 is 1.92 bits per heavy atom. The summed E-state index contributed by atoms with van der Waals surface area (Å²) in [7, 11) is 3.24. The molecule has 8 heteroatoms. The zero-order valence-electron chi connectivity index (χ0n) is 14.2. The summed E-state index contributed by atoms with van der Waals surface area (Å²) in [6.07, 6.45) is 0.769. The van der Waals surface area contributed by atoms with Crippen molar-refractivity contribution in [3.05, 3.63) is 23.8 Å². The number of likely N-dealkylation sites (tertiary alicyclic amines) is 1. The van der Waals surface area contributed by atoms with Gasteiger partial charge in [-0.15, -0.1) is 0 Å². The Morgan fingerprint density at radius 1 is 1.20 bits per heavy atom. The van der Waals surface area contributed by atoms with Gasteiger partial charge in [0.2, 0.25) is 5.91 Å². The lowest BCUT2D eigenvalue weighted by atomic mass is 10.0. The van der Waals surface area contributed by atoms with Crippen molar-refractivity contribution < 1.29 is 23.9 Å². The first-order valence-electron chi connectivity index (χ1n) is 8.12. The van der Waals surface area contributed by atoms with Gasteiger partial charge in [0.15, 0.2) is 11.5 Å². The molecule has 1 aromatic rings. The summed E-state index contributed by atoms with van der Waals surface area (Å²) in [5.74, 6) is -0.175. The maximum Gasteiger partial charge on any atom is 0.309 e. The molecule has 0 saturated carbocycles. The van der Waals surface area contributed by atoms with Gasteiger partial charge in [-0.25, -0.2) is 0 Å². The largest absolute Gasteiger partial charge is 0.493 e. The van der Waals surface area contributed by atoms with Crippen molar-refractivity contribution in [3.63, 3.8) is 0 Å². The fraction of sp³-hybridized carbons (Fsp3) is 0.471. The van der Waals surface area contributed by atoms with Gasteiger partial charge in [0.25, 0.3) is 0 Å². The fourth-order valence-corrected chi connectivity index (χ4v) is 3.11. The Balaban J connectivity index is 1.55. The Hall–Kier alpha value is -2.77. The van der Waals surface area contributed by atoms with E-state index in [-0.39, 0.29) is 31.0 Å². The number of rotatable bonds is 3. The summed E-state index contributed by atoms with van der Waals surface area (Å²) in [5, 5.41) is 5.27. The van der Waals surface area contributed by atoms with E-state index in [4.69, 9.17) is 9.47 Å². The second-order valence-corrected chi connectivity index (χ2v) is 6.28. The lowest BCUT2D eigenvalue weighted by Gasteiger charge is -2.27. The minimum atomic E-state index is -0.732. The van der Waals surface area contributed by atoms with Gasteiger partial charge in [-0.3, -0.25) is 14.4 Å². The molecular formula is C17H21N3O5. The van der Waals surface area contributed by atoms with Crippen molar-refractivity contribution in [2.24, 2.45) is 0 Å². The van der Waals surface area contributed by atoms with Crippen LogP contribution in [0.4, 0.5) is 0 Å². The number of amides is 3. The van der Waals surface area contributed by atoms with Crippen LogP contribution in [0.5, 0.6) is 11.5 Å². The average Bonchev–Trinajstić information content (AvgIpc) is 2.91. The van der Waals surface area contributed by atoms with E-state index in [1.165, 1.54) is 4.90 Å². The van der Waals surface area contributed by atoms with Crippen molar-refractivity contribution in [2.45, 2.75) is 24.9 Å². The molecule has 25 heavy (non-hydrogen) atoms. The normalized spacial score (nSPS) is 22.0. The van der Waals surface area contributed by atoms with Crippen molar-refractivity contribution in [2.75, 3.05) is 27.3 Å². The summed E-state index contributed by atoms with van der Waals surface area (Å²) in [4.78, 5) is 37.1. The molecule has 2 atom stereocenters. The van der Waals surface area contributed by atoms with Crippen molar-refractivity contribution >= 4 is 17.7 Å².